The normalized spacial score (nSPS) is 12.2. The zero-order valence-electron chi connectivity index (χ0n) is 11.8. The molecule has 0 fully saturated rings. The summed E-state index contributed by atoms with van der Waals surface area (Å²) >= 11 is 8.80. The maximum Gasteiger partial charge on any atom is 0.276 e. The Morgan fingerprint density at radius 2 is 1.83 bits per heavy atom. The van der Waals surface area contributed by atoms with Crippen LogP contribution in [-0.2, 0) is 10.0 Å². The Kier molecular flexibility index (Phi) is 5.18. The van der Waals surface area contributed by atoms with E-state index in [0.29, 0.717) is 5.02 Å². The van der Waals surface area contributed by atoms with Crippen molar-refractivity contribution in [2.75, 3.05) is 0 Å². The van der Waals surface area contributed by atoms with Crippen molar-refractivity contribution in [3.63, 3.8) is 0 Å². The van der Waals surface area contributed by atoms with Gasteiger partial charge in [-0.05, 0) is 59.3 Å². The summed E-state index contributed by atoms with van der Waals surface area (Å²) in [7, 11) is -3.87. The zero-order chi connectivity index (χ0) is 17.2. The second-order valence-electron chi connectivity index (χ2n) is 4.57. The quantitative estimate of drug-likeness (QED) is 0.402. The number of benzene rings is 2. The van der Waals surface area contributed by atoms with E-state index in [0.717, 1.165) is 0 Å². The first-order valence-corrected chi connectivity index (χ1v) is 8.89. The highest BCUT2D eigenvalue weighted by atomic mass is 79.9. The van der Waals surface area contributed by atoms with Gasteiger partial charge in [0.1, 0.15) is 11.5 Å². The molecule has 0 heterocycles. The molecule has 122 valence electrons. The Labute approximate surface area is 146 Å². The molecule has 0 amide bonds. The summed E-state index contributed by atoms with van der Waals surface area (Å²) in [5.74, 6) is -0.255. The summed E-state index contributed by atoms with van der Waals surface area (Å²) < 4.78 is 24.5. The van der Waals surface area contributed by atoms with Crippen molar-refractivity contribution >= 4 is 43.3 Å². The molecule has 0 aliphatic rings. The molecule has 0 aliphatic heterocycles. The zero-order valence-corrected chi connectivity index (χ0v) is 14.9. The standard InChI is InChI=1S/C14H12BrClN2O4S/c1-8(12-6-10(19)7-13(15)14(12)20)17-18-23(21,22)11-4-2-9(16)3-5-11/h2-7,18-20H,1H3/b17-8+. The number of hydrogen-bond donors (Lipinski definition) is 3. The smallest absolute Gasteiger partial charge is 0.276 e. The average Bonchev–Trinajstić information content (AvgIpc) is 2.49. The molecule has 9 heteroatoms. The lowest BCUT2D eigenvalue weighted by Crippen LogP contribution is -2.20. The number of rotatable bonds is 4. The Morgan fingerprint density at radius 3 is 2.43 bits per heavy atom. The molecular weight excluding hydrogens is 408 g/mol. The minimum atomic E-state index is -3.87. The van der Waals surface area contributed by atoms with Crippen molar-refractivity contribution in [3.8, 4) is 11.5 Å². The van der Waals surface area contributed by atoms with E-state index in [4.69, 9.17) is 11.6 Å². The highest BCUT2D eigenvalue weighted by Gasteiger charge is 2.15. The van der Waals surface area contributed by atoms with Crippen LogP contribution in [0.1, 0.15) is 12.5 Å². The van der Waals surface area contributed by atoms with Crippen LogP contribution in [0, 0.1) is 0 Å². The fourth-order valence-corrected chi connectivity index (χ4v) is 3.15. The van der Waals surface area contributed by atoms with E-state index in [1.54, 1.807) is 0 Å². The van der Waals surface area contributed by atoms with Gasteiger partial charge in [-0.15, -0.1) is 0 Å². The predicted octanol–water partition coefficient (Wildman–Crippen LogP) is 3.22. The molecule has 2 aromatic carbocycles. The molecule has 23 heavy (non-hydrogen) atoms. The maximum atomic E-state index is 12.1. The molecule has 2 rings (SSSR count). The van der Waals surface area contributed by atoms with Gasteiger partial charge < -0.3 is 10.2 Å². The second-order valence-corrected chi connectivity index (χ2v) is 7.52. The van der Waals surface area contributed by atoms with Crippen LogP contribution in [0.4, 0.5) is 0 Å². The van der Waals surface area contributed by atoms with Gasteiger partial charge in [0.2, 0.25) is 0 Å². The molecule has 0 aliphatic carbocycles. The number of hydrazone groups is 1. The SMILES string of the molecule is C/C(=N\NS(=O)(=O)c1ccc(Cl)cc1)c1cc(O)cc(Br)c1O. The van der Waals surface area contributed by atoms with Crippen LogP contribution in [0.2, 0.25) is 5.02 Å². The highest BCUT2D eigenvalue weighted by Crippen LogP contribution is 2.32. The molecule has 0 aromatic heterocycles. The Bertz CT molecular complexity index is 867. The number of hydrogen-bond acceptors (Lipinski definition) is 5. The molecule has 2 aromatic rings. The van der Waals surface area contributed by atoms with Crippen LogP contribution in [0.3, 0.4) is 0 Å². The van der Waals surface area contributed by atoms with Gasteiger partial charge in [0.25, 0.3) is 10.0 Å². The molecule has 6 nitrogen and oxygen atoms in total. The summed E-state index contributed by atoms with van der Waals surface area (Å²) in [5, 5.41) is 23.7. The van der Waals surface area contributed by atoms with Crippen molar-refractivity contribution in [3.05, 3.63) is 51.5 Å². The van der Waals surface area contributed by atoms with E-state index < -0.39 is 10.0 Å². The van der Waals surface area contributed by atoms with Gasteiger partial charge in [-0.2, -0.15) is 18.4 Å². The summed E-state index contributed by atoms with van der Waals surface area (Å²) in [5.41, 5.74) is 0.368. The summed E-state index contributed by atoms with van der Waals surface area (Å²) in [6, 6.07) is 8.17. The van der Waals surface area contributed by atoms with Crippen molar-refractivity contribution in [1.29, 1.82) is 0 Å². The molecule has 0 atom stereocenters. The third-order valence-corrected chi connectivity index (χ3v) is 4.98. The monoisotopic (exact) mass is 418 g/mol. The number of nitrogens with one attached hydrogen (secondary N) is 1. The van der Waals surface area contributed by atoms with Crippen LogP contribution in [-0.4, -0.2) is 24.3 Å². The largest absolute Gasteiger partial charge is 0.508 e. The fraction of sp³-hybridized carbons (Fsp3) is 0.0714. The van der Waals surface area contributed by atoms with E-state index in [-0.39, 0.29) is 32.1 Å². The molecule has 0 saturated heterocycles. The van der Waals surface area contributed by atoms with Gasteiger partial charge in [-0.25, -0.2) is 0 Å². The molecule has 0 unspecified atom stereocenters. The van der Waals surface area contributed by atoms with E-state index in [2.05, 4.69) is 25.9 Å². The van der Waals surface area contributed by atoms with Crippen molar-refractivity contribution in [1.82, 2.24) is 4.83 Å². The number of phenols is 2. The van der Waals surface area contributed by atoms with Gasteiger partial charge in [-0.3, -0.25) is 0 Å². The lowest BCUT2D eigenvalue weighted by atomic mass is 10.1. The summed E-state index contributed by atoms with van der Waals surface area (Å²) in [4.78, 5) is 2.07. The summed E-state index contributed by atoms with van der Waals surface area (Å²) in [6.07, 6.45) is 0. The van der Waals surface area contributed by atoms with E-state index in [1.807, 2.05) is 0 Å². The number of phenolic OH excluding ortho intramolecular Hbond substituents is 2. The molecule has 0 saturated carbocycles. The van der Waals surface area contributed by atoms with E-state index in [1.165, 1.54) is 43.3 Å². The van der Waals surface area contributed by atoms with Crippen molar-refractivity contribution in [2.24, 2.45) is 5.10 Å². The van der Waals surface area contributed by atoms with E-state index >= 15 is 0 Å². The highest BCUT2D eigenvalue weighted by molar-refractivity contribution is 9.10. The molecule has 3 N–H and O–H groups in total. The van der Waals surface area contributed by atoms with Gasteiger partial charge >= 0.3 is 0 Å². The Hall–Kier alpha value is -1.77. The third kappa shape index (κ3) is 4.15. The molecule has 0 bridgehead atoms. The van der Waals surface area contributed by atoms with Crippen LogP contribution in [0.5, 0.6) is 11.5 Å². The first kappa shape index (κ1) is 17.6. The van der Waals surface area contributed by atoms with Crippen LogP contribution >= 0.6 is 27.5 Å². The van der Waals surface area contributed by atoms with Crippen LogP contribution in [0.15, 0.2) is 50.9 Å². The number of halogens is 2. The van der Waals surface area contributed by atoms with Crippen molar-refractivity contribution in [2.45, 2.75) is 11.8 Å². The molecule has 0 radical (unpaired) electrons. The van der Waals surface area contributed by atoms with Gasteiger partial charge in [-0.1, -0.05) is 11.6 Å². The lowest BCUT2D eigenvalue weighted by molar-refractivity contribution is 0.456. The number of aromatic hydroxyl groups is 2. The maximum absolute atomic E-state index is 12.1. The predicted molar refractivity (Wildman–Crippen MR) is 91.5 cm³/mol. The average molecular weight is 420 g/mol. The Morgan fingerprint density at radius 1 is 1.22 bits per heavy atom. The second kappa shape index (κ2) is 6.77. The Balaban J connectivity index is 2.31. The van der Waals surface area contributed by atoms with Gasteiger partial charge in [0.15, 0.2) is 0 Å². The van der Waals surface area contributed by atoms with E-state index in [9.17, 15) is 18.6 Å². The molecule has 0 spiro atoms. The fourth-order valence-electron chi connectivity index (χ4n) is 1.72. The lowest BCUT2D eigenvalue weighted by Gasteiger charge is -2.08. The topological polar surface area (TPSA) is 99.0 Å². The first-order valence-electron chi connectivity index (χ1n) is 6.24. The molecular formula is C14H12BrClN2O4S. The number of sulfonamides is 1. The van der Waals surface area contributed by atoms with Crippen LogP contribution < -0.4 is 4.83 Å². The van der Waals surface area contributed by atoms with Crippen molar-refractivity contribution < 1.29 is 18.6 Å². The van der Waals surface area contributed by atoms with Crippen LogP contribution in [0.25, 0.3) is 0 Å². The third-order valence-electron chi connectivity index (χ3n) is 2.90. The van der Waals surface area contributed by atoms with Gasteiger partial charge in [0.05, 0.1) is 15.1 Å². The minimum Gasteiger partial charge on any atom is -0.508 e. The minimum absolute atomic E-state index is 0.000221. The van der Waals surface area contributed by atoms with Gasteiger partial charge in [0, 0.05) is 10.6 Å². The first-order chi connectivity index (χ1) is 10.7. The summed E-state index contributed by atoms with van der Waals surface area (Å²) in [6.45, 7) is 1.49. The number of nitrogens with zero attached hydrogens (tertiary/aromatic N) is 1.